The van der Waals surface area contributed by atoms with Gasteiger partial charge in [-0.05, 0) is 57.2 Å². The molecule has 3 heterocycles. The van der Waals surface area contributed by atoms with Crippen LogP contribution < -0.4 is 16.1 Å². The number of fused-ring (bicyclic) bond motifs is 4. The second-order valence-electron chi connectivity index (χ2n) is 11.9. The zero-order chi connectivity index (χ0) is 30.6. The predicted molar refractivity (Wildman–Crippen MR) is 158 cm³/mol. The summed E-state index contributed by atoms with van der Waals surface area (Å²) >= 11 is 0. The summed E-state index contributed by atoms with van der Waals surface area (Å²) in [5.74, 6) is -2.25. The quantitative estimate of drug-likeness (QED) is 0.472. The largest absolute Gasteiger partial charge is 0.451 e. The number of ether oxygens (including phenoxy) is 2. The van der Waals surface area contributed by atoms with Gasteiger partial charge in [0.1, 0.15) is 12.1 Å². The Morgan fingerprint density at radius 3 is 2.55 bits per heavy atom. The molecule has 4 atom stereocenters. The molecule has 5 bridgehead atoms. The number of pyridine rings is 1. The number of rotatable bonds is 3. The normalized spacial score (nSPS) is 26.5. The smallest absolute Gasteiger partial charge is 0.316 e. The van der Waals surface area contributed by atoms with E-state index in [9.17, 15) is 19.2 Å². The highest BCUT2D eigenvalue weighted by Gasteiger charge is 2.37. The Bertz CT molecular complexity index is 1370. The Balaban J connectivity index is 1.72. The number of aromatic nitrogens is 1. The van der Waals surface area contributed by atoms with Gasteiger partial charge in [0.2, 0.25) is 5.91 Å². The van der Waals surface area contributed by atoms with Crippen molar-refractivity contribution < 1.29 is 28.7 Å². The third kappa shape index (κ3) is 7.14. The number of esters is 1. The van der Waals surface area contributed by atoms with Gasteiger partial charge in [-0.3, -0.25) is 29.2 Å². The number of nitrogens with zero attached hydrogens (tertiary/aromatic N) is 2. The lowest BCUT2D eigenvalue weighted by Gasteiger charge is -2.36. The van der Waals surface area contributed by atoms with E-state index in [-0.39, 0.29) is 24.5 Å². The number of carbonyl (C=O) groups is 4. The molecule has 42 heavy (non-hydrogen) atoms. The summed E-state index contributed by atoms with van der Waals surface area (Å²) in [7, 11) is 1.43. The molecule has 1 aromatic carbocycles. The van der Waals surface area contributed by atoms with Crippen molar-refractivity contribution in [2.75, 3.05) is 20.3 Å². The zero-order valence-corrected chi connectivity index (χ0v) is 25.1. The SMILES string of the molecule is COC[C@@H]1NC(=O)[C@H](C(C)C)OC(=O)C(C)(C)/C=C/c2ccc3ccc(nc3c2)C(C)NC(=O)[C@@H]2CCCN(N2)C1=O. The van der Waals surface area contributed by atoms with Crippen LogP contribution in [0.1, 0.15) is 64.8 Å². The first-order valence-corrected chi connectivity index (χ1v) is 14.4. The topological polar surface area (TPSA) is 139 Å². The number of benzene rings is 1. The third-order valence-corrected chi connectivity index (χ3v) is 7.57. The average Bonchev–Trinajstić information content (AvgIpc) is 2.96. The molecule has 3 N–H and O–H groups in total. The minimum Gasteiger partial charge on any atom is -0.451 e. The van der Waals surface area contributed by atoms with Gasteiger partial charge in [0.05, 0.1) is 29.3 Å². The first-order valence-electron chi connectivity index (χ1n) is 14.4. The number of carbonyl (C=O) groups excluding carboxylic acids is 4. The molecule has 0 saturated carbocycles. The van der Waals surface area contributed by atoms with Crippen molar-refractivity contribution in [1.82, 2.24) is 26.1 Å². The first-order chi connectivity index (χ1) is 19.9. The number of nitrogens with one attached hydrogen (secondary N) is 3. The van der Waals surface area contributed by atoms with E-state index in [0.29, 0.717) is 25.1 Å². The van der Waals surface area contributed by atoms with Gasteiger partial charge in [-0.15, -0.1) is 0 Å². The molecular formula is C31H41N5O6. The van der Waals surface area contributed by atoms with Crippen molar-refractivity contribution in [1.29, 1.82) is 0 Å². The Labute approximate surface area is 246 Å². The van der Waals surface area contributed by atoms with Gasteiger partial charge >= 0.3 is 5.97 Å². The molecule has 226 valence electrons. The van der Waals surface area contributed by atoms with Crippen LogP contribution in [0.5, 0.6) is 0 Å². The Hall–Kier alpha value is -3.83. The van der Waals surface area contributed by atoms with E-state index >= 15 is 0 Å². The van der Waals surface area contributed by atoms with Crippen LogP contribution in [-0.2, 0) is 28.7 Å². The van der Waals surface area contributed by atoms with E-state index in [1.165, 1.54) is 12.1 Å². The van der Waals surface area contributed by atoms with E-state index in [2.05, 4.69) is 16.1 Å². The van der Waals surface area contributed by atoms with Crippen LogP contribution in [0.3, 0.4) is 0 Å². The second kappa shape index (κ2) is 13.0. The lowest BCUT2D eigenvalue weighted by Crippen LogP contribution is -2.62. The number of methoxy groups -OCH3 is 1. The van der Waals surface area contributed by atoms with Gasteiger partial charge < -0.3 is 20.1 Å². The van der Waals surface area contributed by atoms with E-state index in [4.69, 9.17) is 14.5 Å². The molecule has 1 aromatic heterocycles. The van der Waals surface area contributed by atoms with E-state index in [1.807, 2.05) is 43.3 Å². The lowest BCUT2D eigenvalue weighted by atomic mass is 9.92. The molecule has 1 unspecified atom stereocenters. The van der Waals surface area contributed by atoms with Crippen molar-refractivity contribution >= 4 is 40.7 Å². The Morgan fingerprint density at radius 2 is 1.83 bits per heavy atom. The van der Waals surface area contributed by atoms with E-state index < -0.39 is 41.4 Å². The molecular weight excluding hydrogens is 538 g/mol. The van der Waals surface area contributed by atoms with Crippen LogP contribution in [-0.4, -0.2) is 72.1 Å². The zero-order valence-electron chi connectivity index (χ0n) is 25.1. The number of hydrogen-bond donors (Lipinski definition) is 3. The lowest BCUT2D eigenvalue weighted by molar-refractivity contribution is -0.165. The summed E-state index contributed by atoms with van der Waals surface area (Å²) in [6.07, 6.45) is 3.54. The average molecular weight is 580 g/mol. The monoisotopic (exact) mass is 579 g/mol. The molecule has 2 aliphatic heterocycles. The molecule has 11 nitrogen and oxygen atoms in total. The van der Waals surface area contributed by atoms with Crippen LogP contribution in [0.25, 0.3) is 17.0 Å². The van der Waals surface area contributed by atoms with Gasteiger partial charge in [0.25, 0.3) is 11.8 Å². The molecule has 2 aromatic rings. The summed E-state index contributed by atoms with van der Waals surface area (Å²) in [5, 5.41) is 8.01. The number of hydrogen-bond acceptors (Lipinski definition) is 8. The molecule has 0 radical (unpaired) electrons. The van der Waals surface area contributed by atoms with Crippen LogP contribution in [0.15, 0.2) is 36.4 Å². The second-order valence-corrected chi connectivity index (χ2v) is 11.9. The van der Waals surface area contributed by atoms with E-state index in [0.717, 1.165) is 16.5 Å². The summed E-state index contributed by atoms with van der Waals surface area (Å²) in [5.41, 5.74) is 4.24. The standard InChI is InChI=1S/C31H41N5O6/c1-18(2)26-28(38)34-25(17-41-6)29(39)36-15-7-8-23(35-36)27(37)32-19(3)22-12-11-21-10-9-20(16-24(21)33-22)13-14-31(4,5)30(40)42-26/h9-14,16,18-19,23,25-26,35H,7-8,15,17H2,1-6H3,(H,32,37)(H,34,38)/b14-13+/t19?,23-,25-,26-/m0/s1. The van der Waals surface area contributed by atoms with Gasteiger partial charge in [0, 0.05) is 19.0 Å². The fraction of sp³-hybridized carbons (Fsp3) is 0.516. The maximum Gasteiger partial charge on any atom is 0.316 e. The highest BCUT2D eigenvalue weighted by atomic mass is 16.5. The van der Waals surface area contributed by atoms with Crippen molar-refractivity contribution in [2.45, 2.75) is 71.7 Å². The van der Waals surface area contributed by atoms with Gasteiger partial charge in [-0.2, -0.15) is 0 Å². The molecule has 0 aliphatic carbocycles. The molecule has 1 saturated heterocycles. The fourth-order valence-electron chi connectivity index (χ4n) is 4.93. The van der Waals surface area contributed by atoms with Gasteiger partial charge in [-0.1, -0.05) is 44.2 Å². The molecule has 1 fully saturated rings. The van der Waals surface area contributed by atoms with Gasteiger partial charge in [0.15, 0.2) is 6.10 Å². The van der Waals surface area contributed by atoms with Crippen LogP contribution in [0.2, 0.25) is 0 Å². The van der Waals surface area contributed by atoms with Crippen LogP contribution in [0, 0.1) is 11.3 Å². The minimum atomic E-state index is -1.14. The van der Waals surface area contributed by atoms with Gasteiger partial charge in [-0.25, -0.2) is 5.43 Å². The van der Waals surface area contributed by atoms with Crippen molar-refractivity contribution in [2.24, 2.45) is 11.3 Å². The minimum absolute atomic E-state index is 0.101. The molecule has 4 rings (SSSR count). The number of amides is 3. The number of cyclic esters (lactones) is 1. The number of hydrazine groups is 1. The van der Waals surface area contributed by atoms with Crippen LogP contribution >= 0.6 is 0 Å². The fourth-order valence-corrected chi connectivity index (χ4v) is 4.93. The molecule has 11 heteroatoms. The van der Waals surface area contributed by atoms with Crippen molar-refractivity contribution in [3.63, 3.8) is 0 Å². The maximum absolute atomic E-state index is 13.5. The summed E-state index contributed by atoms with van der Waals surface area (Å²) < 4.78 is 11.0. The summed E-state index contributed by atoms with van der Waals surface area (Å²) in [4.78, 5) is 58.2. The summed E-state index contributed by atoms with van der Waals surface area (Å²) in [6, 6.07) is 7.54. The Kier molecular flexibility index (Phi) is 9.63. The molecule has 2 aliphatic rings. The van der Waals surface area contributed by atoms with E-state index in [1.54, 1.807) is 33.8 Å². The van der Waals surface area contributed by atoms with Crippen LogP contribution in [0.4, 0.5) is 0 Å². The molecule has 0 spiro atoms. The molecule has 3 amide bonds. The third-order valence-electron chi connectivity index (χ3n) is 7.57. The highest BCUT2D eigenvalue weighted by molar-refractivity contribution is 5.92. The van der Waals surface area contributed by atoms with Crippen molar-refractivity contribution in [3.05, 3.63) is 47.7 Å². The van der Waals surface area contributed by atoms with Crippen molar-refractivity contribution in [3.8, 4) is 0 Å². The maximum atomic E-state index is 13.5. The highest BCUT2D eigenvalue weighted by Crippen LogP contribution is 2.25. The summed E-state index contributed by atoms with van der Waals surface area (Å²) in [6.45, 7) is 9.08. The first kappa shape index (κ1) is 31.1. The predicted octanol–water partition coefficient (Wildman–Crippen LogP) is 2.66. The Morgan fingerprint density at radius 1 is 1.10 bits per heavy atom.